The summed E-state index contributed by atoms with van der Waals surface area (Å²) < 4.78 is 0. The van der Waals surface area contributed by atoms with E-state index in [0.29, 0.717) is 12.0 Å². The Bertz CT molecular complexity index is 849. The molecule has 12 N–H and O–H groups in total. The lowest BCUT2D eigenvalue weighted by atomic mass is 9.89. The second-order valence-electron chi connectivity index (χ2n) is 9.02. The van der Waals surface area contributed by atoms with Crippen molar-refractivity contribution in [2.75, 3.05) is 23.3 Å². The van der Waals surface area contributed by atoms with Gasteiger partial charge in [-0.1, -0.05) is 43.5 Å². The van der Waals surface area contributed by atoms with E-state index in [4.69, 9.17) is 20.7 Å². The summed E-state index contributed by atoms with van der Waals surface area (Å²) in [6.07, 6.45) is 10.5. The van der Waals surface area contributed by atoms with E-state index in [-0.39, 0.29) is 41.2 Å². The number of nitrogens with zero attached hydrogens (tertiary/aromatic N) is 4. The number of fused-ring (bicyclic) bond motifs is 1. The first-order valence-corrected chi connectivity index (χ1v) is 11.3. The highest BCUT2D eigenvalue weighted by Crippen LogP contribution is 2.32. The molecule has 0 bridgehead atoms. The summed E-state index contributed by atoms with van der Waals surface area (Å²) in [6.45, 7) is 1.82. The molecule has 0 radical (unpaired) electrons. The average Bonchev–Trinajstić information content (AvgIpc) is 3.16. The highest BCUT2D eigenvalue weighted by molar-refractivity contribution is 5.85. The molecule has 192 valence electrons. The highest BCUT2D eigenvalue weighted by Gasteiger charge is 2.26. The number of halogens is 1. The molecule has 2 aliphatic carbocycles. The molecule has 0 unspecified atom stereocenters. The lowest BCUT2D eigenvalue weighted by Crippen LogP contribution is -2.43. The molecule has 1 saturated carbocycles. The van der Waals surface area contributed by atoms with E-state index in [1.165, 1.54) is 43.2 Å². The first kappa shape index (κ1) is 29.0. The number of rotatable bonds is 4. The van der Waals surface area contributed by atoms with Gasteiger partial charge < -0.3 is 34.4 Å². The number of aromatic nitrogens is 3. The van der Waals surface area contributed by atoms with Crippen molar-refractivity contribution in [2.24, 2.45) is 5.73 Å². The SMILES string of the molecule is Cl.N.N.N.N[C@@H]1CCCN(c2nc(NC3Cc4ccccc4C3)nc(C3CCCCC3)n2)C1.[HH].[HH].[HH]. The molecule has 3 aliphatic rings. The van der Waals surface area contributed by atoms with Gasteiger partial charge in [0.05, 0.1) is 0 Å². The largest absolute Gasteiger partial charge is 0.351 e. The third-order valence-electron chi connectivity index (χ3n) is 6.74. The van der Waals surface area contributed by atoms with Crippen LogP contribution in [0.2, 0.25) is 0 Å². The molecule has 1 aliphatic heterocycles. The van der Waals surface area contributed by atoms with Crippen molar-refractivity contribution in [1.29, 1.82) is 0 Å². The highest BCUT2D eigenvalue weighted by atomic mass is 35.5. The molecule has 33 heavy (non-hydrogen) atoms. The minimum Gasteiger partial charge on any atom is -0.351 e. The van der Waals surface area contributed by atoms with Gasteiger partial charge in [0, 0.05) is 35.4 Å². The number of nitrogens with one attached hydrogen (secondary N) is 1. The Morgan fingerprint density at radius 3 is 2.18 bits per heavy atom. The predicted octanol–water partition coefficient (Wildman–Crippen LogP) is 5.07. The summed E-state index contributed by atoms with van der Waals surface area (Å²) in [6, 6.07) is 9.29. The zero-order valence-electron chi connectivity index (χ0n) is 19.7. The third kappa shape index (κ3) is 6.74. The summed E-state index contributed by atoms with van der Waals surface area (Å²) in [7, 11) is 0. The van der Waals surface area contributed by atoms with Crippen molar-refractivity contribution >= 4 is 24.3 Å². The van der Waals surface area contributed by atoms with Crippen LogP contribution in [0.25, 0.3) is 0 Å². The fourth-order valence-corrected chi connectivity index (χ4v) is 5.17. The number of piperidine rings is 1. The summed E-state index contributed by atoms with van der Waals surface area (Å²) in [5.74, 6) is 3.00. The van der Waals surface area contributed by atoms with Crippen molar-refractivity contribution in [1.82, 2.24) is 33.4 Å². The van der Waals surface area contributed by atoms with Gasteiger partial charge in [-0.3, -0.25) is 0 Å². The maximum atomic E-state index is 6.23. The van der Waals surface area contributed by atoms with Crippen molar-refractivity contribution in [3.8, 4) is 0 Å². The van der Waals surface area contributed by atoms with E-state index in [2.05, 4.69) is 34.5 Å². The fraction of sp³-hybridized carbons (Fsp3) is 0.609. The van der Waals surface area contributed by atoms with Crippen LogP contribution >= 0.6 is 12.4 Å². The van der Waals surface area contributed by atoms with Crippen LogP contribution in [-0.2, 0) is 12.8 Å². The first-order chi connectivity index (χ1) is 14.2. The van der Waals surface area contributed by atoms with E-state index < -0.39 is 0 Å². The molecular formula is C23H48ClN9. The van der Waals surface area contributed by atoms with Gasteiger partial charge in [-0.2, -0.15) is 15.0 Å². The lowest BCUT2D eigenvalue weighted by Gasteiger charge is -2.31. The number of benzene rings is 1. The minimum atomic E-state index is 0. The van der Waals surface area contributed by atoms with Crippen molar-refractivity contribution in [3.63, 3.8) is 0 Å². The molecule has 1 aromatic carbocycles. The summed E-state index contributed by atoms with van der Waals surface area (Å²) in [4.78, 5) is 17.0. The topological polar surface area (TPSA) is 185 Å². The molecule has 5 rings (SSSR count). The normalized spacial score (nSPS) is 20.4. The molecule has 0 amide bonds. The van der Waals surface area contributed by atoms with Crippen LogP contribution in [0.15, 0.2) is 24.3 Å². The molecule has 1 saturated heterocycles. The Morgan fingerprint density at radius 2 is 1.55 bits per heavy atom. The van der Waals surface area contributed by atoms with Crippen LogP contribution in [0.3, 0.4) is 0 Å². The average molecular weight is 486 g/mol. The monoisotopic (exact) mass is 485 g/mol. The van der Waals surface area contributed by atoms with Crippen LogP contribution in [0.1, 0.15) is 72.1 Å². The Hall–Kier alpha value is -2.04. The van der Waals surface area contributed by atoms with E-state index in [1.807, 2.05) is 0 Å². The zero-order valence-corrected chi connectivity index (χ0v) is 20.5. The van der Waals surface area contributed by atoms with E-state index in [9.17, 15) is 0 Å². The van der Waals surface area contributed by atoms with Crippen molar-refractivity contribution in [2.45, 2.75) is 75.8 Å². The van der Waals surface area contributed by atoms with Gasteiger partial charge in [-0.15, -0.1) is 12.4 Å². The van der Waals surface area contributed by atoms with Crippen LogP contribution in [0.5, 0.6) is 0 Å². The van der Waals surface area contributed by atoms with Gasteiger partial charge >= 0.3 is 0 Å². The summed E-state index contributed by atoms with van der Waals surface area (Å²) in [5, 5.41) is 3.64. The van der Waals surface area contributed by atoms with E-state index in [0.717, 1.165) is 56.5 Å². The fourth-order valence-electron chi connectivity index (χ4n) is 5.17. The van der Waals surface area contributed by atoms with E-state index in [1.54, 1.807) is 0 Å². The van der Waals surface area contributed by atoms with E-state index >= 15 is 0 Å². The van der Waals surface area contributed by atoms with Gasteiger partial charge in [0.2, 0.25) is 11.9 Å². The second kappa shape index (κ2) is 13.0. The van der Waals surface area contributed by atoms with Gasteiger partial charge in [0.15, 0.2) is 0 Å². The maximum absolute atomic E-state index is 6.23. The van der Waals surface area contributed by atoms with Crippen molar-refractivity contribution < 1.29 is 4.28 Å². The summed E-state index contributed by atoms with van der Waals surface area (Å²) >= 11 is 0. The molecule has 1 atom stereocenters. The van der Waals surface area contributed by atoms with Crippen LogP contribution in [0, 0.1) is 0 Å². The van der Waals surface area contributed by atoms with Gasteiger partial charge in [-0.05, 0) is 49.7 Å². The number of hydrogen-bond donors (Lipinski definition) is 5. The molecule has 2 fully saturated rings. The zero-order chi connectivity index (χ0) is 19.6. The van der Waals surface area contributed by atoms with Crippen LogP contribution < -0.4 is 34.4 Å². The Balaban J connectivity index is -0.00000156. The van der Waals surface area contributed by atoms with Gasteiger partial charge in [-0.25, -0.2) is 0 Å². The second-order valence-corrected chi connectivity index (χ2v) is 9.02. The standard InChI is InChI=1S/C23H32N6.ClH.3H3N.3H2/c24-19-11-6-12-29(15-19)23-27-21(16-7-2-1-3-8-16)26-22(28-23)25-20-13-17-9-4-5-10-18(17)14-20;;;;;;;/h4-5,9-10,16,19-20H,1-3,6-8,11-15,24H2,(H,25,26,27,28);1H;3*1H3;3*1H/t19-;;;;;;;/m1......./s1. The third-order valence-corrected chi connectivity index (χ3v) is 6.74. The molecule has 9 nitrogen and oxygen atoms in total. The smallest absolute Gasteiger partial charge is 0.230 e. The van der Waals surface area contributed by atoms with Gasteiger partial charge in [0.1, 0.15) is 5.82 Å². The molecule has 10 heteroatoms. The molecule has 0 spiro atoms. The first-order valence-electron chi connectivity index (χ1n) is 11.3. The number of hydrogen-bond acceptors (Lipinski definition) is 9. The number of nitrogens with two attached hydrogens (primary N) is 1. The lowest BCUT2D eigenvalue weighted by molar-refractivity contribution is 0.426. The molecule has 1 aromatic heterocycles. The molecule has 2 aromatic rings. The Labute approximate surface area is 208 Å². The van der Waals surface area contributed by atoms with Crippen molar-refractivity contribution in [3.05, 3.63) is 41.2 Å². The van der Waals surface area contributed by atoms with Crippen LogP contribution in [0.4, 0.5) is 11.9 Å². The predicted molar refractivity (Wildman–Crippen MR) is 145 cm³/mol. The van der Waals surface area contributed by atoms with Crippen LogP contribution in [-0.4, -0.2) is 40.1 Å². The van der Waals surface area contributed by atoms with Gasteiger partial charge in [0.25, 0.3) is 0 Å². The molecular weight excluding hydrogens is 438 g/mol. The summed E-state index contributed by atoms with van der Waals surface area (Å²) in [5.41, 5.74) is 9.11. The Kier molecular flexibility index (Phi) is 11.4. The molecule has 2 heterocycles. The minimum absolute atomic E-state index is 0. The Morgan fingerprint density at radius 1 is 0.879 bits per heavy atom. The number of anilines is 2. The quantitative estimate of drug-likeness (QED) is 0.393. The maximum Gasteiger partial charge on any atom is 0.230 e.